The van der Waals surface area contributed by atoms with Gasteiger partial charge < -0.3 is 10.2 Å². The molecule has 2 atom stereocenters. The highest BCUT2D eigenvalue weighted by molar-refractivity contribution is 5.95. The van der Waals surface area contributed by atoms with Crippen LogP contribution in [0.1, 0.15) is 34.7 Å². The predicted molar refractivity (Wildman–Crippen MR) is 106 cm³/mol. The van der Waals surface area contributed by atoms with Gasteiger partial charge in [-0.2, -0.15) is 10.2 Å². The Morgan fingerprint density at radius 3 is 2.79 bits per heavy atom. The van der Waals surface area contributed by atoms with Gasteiger partial charge in [-0.1, -0.05) is 30.3 Å². The van der Waals surface area contributed by atoms with Crippen LogP contribution < -0.4 is 5.32 Å². The minimum atomic E-state index is -0.0923. The van der Waals surface area contributed by atoms with Gasteiger partial charge >= 0.3 is 0 Å². The number of aromatic nitrogens is 5. The molecule has 1 aliphatic rings. The van der Waals surface area contributed by atoms with Gasteiger partial charge in [0.25, 0.3) is 5.91 Å². The van der Waals surface area contributed by atoms with Crippen LogP contribution >= 0.6 is 0 Å². The molecule has 28 heavy (non-hydrogen) atoms. The molecule has 0 bridgehead atoms. The van der Waals surface area contributed by atoms with Crippen molar-refractivity contribution < 1.29 is 4.79 Å². The second-order valence-corrected chi connectivity index (χ2v) is 7.28. The smallest absolute Gasteiger partial charge is 0.255 e. The Morgan fingerprint density at radius 2 is 2.07 bits per heavy atom. The molecule has 3 aromatic rings. The molecule has 0 radical (unpaired) electrons. The molecule has 0 aliphatic carbocycles. The molecule has 1 aromatic carbocycles. The largest absolute Gasteiger partial charge is 0.347 e. The fourth-order valence-electron chi connectivity index (χ4n) is 3.81. The number of carbonyl (C=O) groups excluding carboxylic acids is 1. The third-order valence-electron chi connectivity index (χ3n) is 5.35. The highest BCUT2D eigenvalue weighted by atomic mass is 16.1. The number of aryl methyl sites for hydroxylation is 1. The van der Waals surface area contributed by atoms with E-state index in [4.69, 9.17) is 4.98 Å². The minimum Gasteiger partial charge on any atom is -0.347 e. The van der Waals surface area contributed by atoms with Gasteiger partial charge in [0, 0.05) is 30.9 Å². The molecule has 0 spiro atoms. The van der Waals surface area contributed by atoms with E-state index in [9.17, 15) is 4.79 Å². The first-order valence-corrected chi connectivity index (χ1v) is 9.56. The van der Waals surface area contributed by atoms with Crippen molar-refractivity contribution in [2.24, 2.45) is 0 Å². The first-order chi connectivity index (χ1) is 13.6. The molecule has 1 aliphatic heterocycles. The van der Waals surface area contributed by atoms with E-state index >= 15 is 0 Å². The van der Waals surface area contributed by atoms with E-state index < -0.39 is 0 Å². The van der Waals surface area contributed by atoms with Gasteiger partial charge in [-0.15, -0.1) is 0 Å². The molecule has 2 N–H and O–H groups in total. The summed E-state index contributed by atoms with van der Waals surface area (Å²) in [7, 11) is 2.05. The molecule has 8 nitrogen and oxygen atoms in total. The highest BCUT2D eigenvalue weighted by Crippen LogP contribution is 2.26. The van der Waals surface area contributed by atoms with Crippen molar-refractivity contribution >= 4 is 5.91 Å². The fraction of sp³-hybridized carbons (Fsp3) is 0.400. The van der Waals surface area contributed by atoms with Crippen LogP contribution in [0.15, 0.2) is 36.5 Å². The number of likely N-dealkylation sites (N-methyl/N-ethyl adjacent to an activating group) is 1. The van der Waals surface area contributed by atoms with E-state index in [-0.39, 0.29) is 17.9 Å². The van der Waals surface area contributed by atoms with Crippen LogP contribution in [0.4, 0.5) is 0 Å². The number of amides is 1. The number of H-pyrrole nitrogens is 1. The van der Waals surface area contributed by atoms with E-state index in [1.165, 1.54) is 0 Å². The summed E-state index contributed by atoms with van der Waals surface area (Å²) in [5.41, 5.74) is 2.48. The van der Waals surface area contributed by atoms with Gasteiger partial charge in [0.2, 0.25) is 0 Å². The van der Waals surface area contributed by atoms with Crippen LogP contribution in [0.2, 0.25) is 0 Å². The molecule has 2 aromatic heterocycles. The zero-order valence-electron chi connectivity index (χ0n) is 16.4. The zero-order chi connectivity index (χ0) is 19.7. The van der Waals surface area contributed by atoms with Crippen molar-refractivity contribution in [1.29, 1.82) is 0 Å². The number of hydrogen-bond acceptors (Lipinski definition) is 5. The standard InChI is InChI=1S/C20H25N7O/c1-4-27-13(2)15(10-21-27)20(28)22-17-12-26(3)11-16(17)19-23-18(24-25-19)14-8-6-5-7-9-14/h5-10,16-17H,4,11-12H2,1-3H3,(H,22,28)(H,23,24,25)/t16-,17-/m1/s1. The van der Waals surface area contributed by atoms with Crippen molar-refractivity contribution in [3.63, 3.8) is 0 Å². The van der Waals surface area contributed by atoms with Crippen LogP contribution in [0, 0.1) is 6.92 Å². The summed E-state index contributed by atoms with van der Waals surface area (Å²) in [6.45, 7) is 6.25. The Balaban J connectivity index is 1.53. The zero-order valence-corrected chi connectivity index (χ0v) is 16.4. The first-order valence-electron chi connectivity index (χ1n) is 9.56. The lowest BCUT2D eigenvalue weighted by Gasteiger charge is -2.18. The molecule has 0 unspecified atom stereocenters. The SMILES string of the molecule is CCn1ncc(C(=O)N[C@@H]2CN(C)C[C@H]2c2nc(-c3ccccc3)n[nH]2)c1C. The van der Waals surface area contributed by atoms with E-state index in [0.29, 0.717) is 11.4 Å². The number of nitrogens with zero attached hydrogens (tertiary/aromatic N) is 5. The van der Waals surface area contributed by atoms with Crippen molar-refractivity contribution in [1.82, 2.24) is 35.2 Å². The average Bonchev–Trinajstić information content (AvgIpc) is 3.41. The van der Waals surface area contributed by atoms with E-state index in [1.807, 2.05) is 55.9 Å². The summed E-state index contributed by atoms with van der Waals surface area (Å²) >= 11 is 0. The first kappa shape index (κ1) is 18.4. The summed E-state index contributed by atoms with van der Waals surface area (Å²) in [4.78, 5) is 19.7. The number of hydrogen-bond donors (Lipinski definition) is 2. The van der Waals surface area contributed by atoms with E-state index in [1.54, 1.807) is 6.20 Å². The summed E-state index contributed by atoms with van der Waals surface area (Å²) < 4.78 is 1.83. The van der Waals surface area contributed by atoms with Crippen molar-refractivity contribution in [2.75, 3.05) is 20.1 Å². The maximum Gasteiger partial charge on any atom is 0.255 e. The molecule has 0 saturated carbocycles. The Morgan fingerprint density at radius 1 is 1.29 bits per heavy atom. The molecule has 1 saturated heterocycles. The van der Waals surface area contributed by atoms with Gasteiger partial charge in [0.05, 0.1) is 23.7 Å². The molecular formula is C20H25N7O. The maximum absolute atomic E-state index is 12.8. The Labute approximate surface area is 164 Å². The predicted octanol–water partition coefficient (Wildman–Crippen LogP) is 1.82. The minimum absolute atomic E-state index is 0.0431. The van der Waals surface area contributed by atoms with Crippen LogP contribution in [-0.4, -0.2) is 61.9 Å². The summed E-state index contributed by atoms with van der Waals surface area (Å²) in [6, 6.07) is 9.84. The molecule has 1 fully saturated rings. The van der Waals surface area contributed by atoms with E-state index in [0.717, 1.165) is 36.7 Å². The van der Waals surface area contributed by atoms with Crippen LogP contribution in [0.25, 0.3) is 11.4 Å². The van der Waals surface area contributed by atoms with Crippen LogP contribution in [-0.2, 0) is 6.54 Å². The van der Waals surface area contributed by atoms with Crippen molar-refractivity contribution in [3.05, 3.63) is 53.6 Å². The third kappa shape index (κ3) is 3.43. The van der Waals surface area contributed by atoms with Gasteiger partial charge in [0.1, 0.15) is 5.82 Å². The topological polar surface area (TPSA) is 91.7 Å². The van der Waals surface area contributed by atoms with Gasteiger partial charge in [0.15, 0.2) is 5.82 Å². The quantitative estimate of drug-likeness (QED) is 0.706. The van der Waals surface area contributed by atoms with Crippen molar-refractivity contribution in [2.45, 2.75) is 32.4 Å². The highest BCUT2D eigenvalue weighted by Gasteiger charge is 2.36. The fourth-order valence-corrected chi connectivity index (χ4v) is 3.81. The summed E-state index contributed by atoms with van der Waals surface area (Å²) in [6.07, 6.45) is 1.64. The monoisotopic (exact) mass is 379 g/mol. The van der Waals surface area contributed by atoms with Crippen LogP contribution in [0.3, 0.4) is 0 Å². The lowest BCUT2D eigenvalue weighted by molar-refractivity contribution is 0.0934. The Bertz CT molecular complexity index is 962. The lowest BCUT2D eigenvalue weighted by atomic mass is 10.0. The molecule has 1 amide bonds. The maximum atomic E-state index is 12.8. The normalized spacial score (nSPS) is 19.8. The van der Waals surface area contributed by atoms with Crippen molar-refractivity contribution in [3.8, 4) is 11.4 Å². The second kappa shape index (κ2) is 7.55. The van der Waals surface area contributed by atoms with E-state index in [2.05, 4.69) is 25.5 Å². The number of aromatic amines is 1. The number of benzene rings is 1. The third-order valence-corrected chi connectivity index (χ3v) is 5.35. The number of likely N-dealkylation sites (tertiary alicyclic amines) is 1. The Kier molecular flexibility index (Phi) is 4.95. The molecule has 3 heterocycles. The molecule has 8 heteroatoms. The number of rotatable bonds is 5. The molecular weight excluding hydrogens is 354 g/mol. The molecule has 4 rings (SSSR count). The van der Waals surface area contributed by atoms with Crippen LogP contribution in [0.5, 0.6) is 0 Å². The lowest BCUT2D eigenvalue weighted by Crippen LogP contribution is -2.40. The van der Waals surface area contributed by atoms with Gasteiger partial charge in [-0.3, -0.25) is 14.6 Å². The molecule has 146 valence electrons. The summed E-state index contributed by atoms with van der Waals surface area (Å²) in [5, 5.41) is 14.9. The Hall–Kier alpha value is -3.00. The number of carbonyl (C=O) groups is 1. The van der Waals surface area contributed by atoms with Gasteiger partial charge in [-0.25, -0.2) is 4.98 Å². The van der Waals surface area contributed by atoms with Gasteiger partial charge in [-0.05, 0) is 20.9 Å². The number of nitrogens with one attached hydrogen (secondary N) is 2. The summed E-state index contributed by atoms with van der Waals surface area (Å²) in [5.74, 6) is 1.44. The average molecular weight is 379 g/mol. The second-order valence-electron chi connectivity index (χ2n) is 7.28.